The first-order valence-electron chi connectivity index (χ1n) is 5.50. The van der Waals surface area contributed by atoms with Crippen molar-refractivity contribution in [3.05, 3.63) is 62.8 Å². The van der Waals surface area contributed by atoms with Gasteiger partial charge in [-0.2, -0.15) is 0 Å². The lowest BCUT2D eigenvalue weighted by Gasteiger charge is -2.10. The van der Waals surface area contributed by atoms with Crippen LogP contribution in [0.3, 0.4) is 0 Å². The summed E-state index contributed by atoms with van der Waals surface area (Å²) in [6.45, 7) is 1.79. The molecular weight excluding hydrogens is 333 g/mol. The molecule has 2 nitrogen and oxygen atoms in total. The van der Waals surface area contributed by atoms with Gasteiger partial charge in [0.05, 0.1) is 10.6 Å². The highest BCUT2D eigenvalue weighted by Gasteiger charge is 2.13. The van der Waals surface area contributed by atoms with Gasteiger partial charge in [-0.1, -0.05) is 23.7 Å². The van der Waals surface area contributed by atoms with Crippen LogP contribution in [0.25, 0.3) is 0 Å². The fourth-order valence-electron chi connectivity index (χ4n) is 1.60. The maximum Gasteiger partial charge on any atom is 0.257 e. The van der Waals surface area contributed by atoms with E-state index >= 15 is 0 Å². The smallest absolute Gasteiger partial charge is 0.257 e. The second-order valence-corrected chi connectivity index (χ2v) is 5.25. The van der Waals surface area contributed by atoms with Crippen LogP contribution in [0.5, 0.6) is 0 Å². The number of aryl methyl sites for hydroxylation is 1. The number of nitrogens with one attached hydrogen (secondary N) is 1. The van der Waals surface area contributed by atoms with Gasteiger partial charge < -0.3 is 5.32 Å². The molecule has 0 saturated heterocycles. The van der Waals surface area contributed by atoms with Crippen molar-refractivity contribution < 1.29 is 9.18 Å². The Morgan fingerprint density at radius 2 is 2.05 bits per heavy atom. The molecule has 0 fully saturated rings. The molecule has 0 aliphatic rings. The standard InChI is InChI=1S/C14H10BrClFNO/c1-8-5-6-9(17)7-12(8)18-14(19)10-3-2-4-11(15)13(10)16/h2-7H,1H3,(H,18,19). The third kappa shape index (κ3) is 3.14. The third-order valence-electron chi connectivity index (χ3n) is 2.64. The van der Waals surface area contributed by atoms with Crippen molar-refractivity contribution in [3.63, 3.8) is 0 Å². The predicted molar refractivity (Wildman–Crippen MR) is 78.2 cm³/mol. The topological polar surface area (TPSA) is 29.1 Å². The van der Waals surface area contributed by atoms with Gasteiger partial charge in [0.2, 0.25) is 0 Å². The second kappa shape index (κ2) is 5.72. The highest BCUT2D eigenvalue weighted by atomic mass is 79.9. The van der Waals surface area contributed by atoms with Gasteiger partial charge in [0.15, 0.2) is 0 Å². The molecule has 0 heterocycles. The summed E-state index contributed by atoms with van der Waals surface area (Å²) in [5, 5.41) is 2.98. The van der Waals surface area contributed by atoms with Gasteiger partial charge in [0, 0.05) is 10.2 Å². The number of halogens is 3. The van der Waals surface area contributed by atoms with E-state index in [0.29, 0.717) is 20.7 Å². The Kier molecular flexibility index (Phi) is 4.22. The van der Waals surface area contributed by atoms with Gasteiger partial charge in [-0.25, -0.2) is 4.39 Å². The molecule has 1 amide bonds. The zero-order valence-electron chi connectivity index (χ0n) is 10.0. The van der Waals surface area contributed by atoms with Crippen LogP contribution in [0.15, 0.2) is 40.9 Å². The first-order valence-corrected chi connectivity index (χ1v) is 6.67. The van der Waals surface area contributed by atoms with E-state index in [1.165, 1.54) is 12.1 Å². The fourth-order valence-corrected chi connectivity index (χ4v) is 2.18. The number of carbonyl (C=O) groups excluding carboxylic acids is 1. The van der Waals surface area contributed by atoms with Crippen LogP contribution in [0.2, 0.25) is 5.02 Å². The lowest BCUT2D eigenvalue weighted by Crippen LogP contribution is -2.13. The summed E-state index contributed by atoms with van der Waals surface area (Å²) in [7, 11) is 0. The molecule has 0 atom stereocenters. The van der Waals surface area contributed by atoms with Gasteiger partial charge in [0.1, 0.15) is 5.82 Å². The first-order chi connectivity index (χ1) is 8.99. The fraction of sp³-hybridized carbons (Fsp3) is 0.0714. The molecule has 0 saturated carbocycles. The van der Waals surface area contributed by atoms with E-state index in [1.54, 1.807) is 31.2 Å². The lowest BCUT2D eigenvalue weighted by atomic mass is 10.1. The molecule has 0 bridgehead atoms. The third-order valence-corrected chi connectivity index (χ3v) is 3.94. The Labute approximate surface area is 123 Å². The van der Waals surface area contributed by atoms with Gasteiger partial charge in [0.25, 0.3) is 5.91 Å². The quantitative estimate of drug-likeness (QED) is 0.834. The Morgan fingerprint density at radius 3 is 2.79 bits per heavy atom. The zero-order chi connectivity index (χ0) is 14.0. The monoisotopic (exact) mass is 341 g/mol. The molecule has 0 aliphatic heterocycles. The summed E-state index contributed by atoms with van der Waals surface area (Å²) in [6.07, 6.45) is 0. The number of amides is 1. The van der Waals surface area contributed by atoms with Crippen LogP contribution in [0, 0.1) is 12.7 Å². The van der Waals surface area contributed by atoms with E-state index in [0.717, 1.165) is 5.56 Å². The van der Waals surface area contributed by atoms with Crippen LogP contribution in [0.4, 0.5) is 10.1 Å². The lowest BCUT2D eigenvalue weighted by molar-refractivity contribution is 0.102. The molecule has 98 valence electrons. The molecule has 5 heteroatoms. The van der Waals surface area contributed by atoms with Crippen molar-refractivity contribution in [3.8, 4) is 0 Å². The van der Waals surface area contributed by atoms with Crippen LogP contribution in [-0.4, -0.2) is 5.91 Å². The number of hydrogen-bond acceptors (Lipinski definition) is 1. The van der Waals surface area contributed by atoms with Crippen molar-refractivity contribution in [1.29, 1.82) is 0 Å². The predicted octanol–water partition coefficient (Wildman–Crippen LogP) is 4.80. The van der Waals surface area contributed by atoms with E-state index in [1.807, 2.05) is 0 Å². The van der Waals surface area contributed by atoms with Gasteiger partial charge in [-0.15, -0.1) is 0 Å². The SMILES string of the molecule is Cc1ccc(F)cc1NC(=O)c1cccc(Br)c1Cl. The van der Waals surface area contributed by atoms with Crippen molar-refractivity contribution in [2.45, 2.75) is 6.92 Å². The number of rotatable bonds is 2. The molecule has 2 aromatic rings. The van der Waals surface area contributed by atoms with Gasteiger partial charge >= 0.3 is 0 Å². The van der Waals surface area contributed by atoms with Crippen LogP contribution < -0.4 is 5.32 Å². The number of carbonyl (C=O) groups is 1. The highest BCUT2D eigenvalue weighted by Crippen LogP contribution is 2.27. The van der Waals surface area contributed by atoms with E-state index < -0.39 is 5.82 Å². The number of benzene rings is 2. The van der Waals surface area contributed by atoms with Crippen molar-refractivity contribution >= 4 is 39.1 Å². The summed E-state index contributed by atoms with van der Waals surface area (Å²) in [6, 6.07) is 9.29. The largest absolute Gasteiger partial charge is 0.322 e. The molecule has 1 N–H and O–H groups in total. The first kappa shape index (κ1) is 14.0. The number of anilines is 1. The summed E-state index contributed by atoms with van der Waals surface area (Å²) >= 11 is 9.30. The van der Waals surface area contributed by atoms with Gasteiger partial charge in [-0.05, 0) is 52.7 Å². The van der Waals surface area contributed by atoms with Crippen LogP contribution in [-0.2, 0) is 0 Å². The van der Waals surface area contributed by atoms with E-state index in [4.69, 9.17) is 11.6 Å². The summed E-state index contributed by atoms with van der Waals surface area (Å²) in [5.74, 6) is -0.777. The second-order valence-electron chi connectivity index (χ2n) is 4.01. The minimum atomic E-state index is -0.402. The Balaban J connectivity index is 2.31. The Morgan fingerprint density at radius 1 is 1.32 bits per heavy atom. The maximum atomic E-state index is 13.2. The maximum absolute atomic E-state index is 13.2. The van der Waals surface area contributed by atoms with Gasteiger partial charge in [-0.3, -0.25) is 4.79 Å². The summed E-state index contributed by atoms with van der Waals surface area (Å²) in [5.41, 5.74) is 1.54. The average Bonchev–Trinajstić information content (AvgIpc) is 2.37. The van der Waals surface area contributed by atoms with Crippen molar-refractivity contribution in [2.24, 2.45) is 0 Å². The zero-order valence-corrected chi connectivity index (χ0v) is 12.3. The minimum Gasteiger partial charge on any atom is -0.322 e. The highest BCUT2D eigenvalue weighted by molar-refractivity contribution is 9.10. The van der Waals surface area contributed by atoms with Crippen molar-refractivity contribution in [2.75, 3.05) is 5.32 Å². The normalized spacial score (nSPS) is 10.3. The van der Waals surface area contributed by atoms with Crippen molar-refractivity contribution in [1.82, 2.24) is 0 Å². The molecule has 2 rings (SSSR count). The van der Waals surface area contributed by atoms with E-state index in [-0.39, 0.29) is 5.91 Å². The average molecular weight is 343 g/mol. The Bertz CT molecular complexity index is 645. The van der Waals surface area contributed by atoms with Crippen LogP contribution >= 0.6 is 27.5 Å². The minimum absolute atomic E-state index is 0.328. The molecule has 0 spiro atoms. The van der Waals surface area contributed by atoms with E-state index in [2.05, 4.69) is 21.2 Å². The molecule has 19 heavy (non-hydrogen) atoms. The summed E-state index contributed by atoms with van der Waals surface area (Å²) in [4.78, 5) is 12.1. The summed E-state index contributed by atoms with van der Waals surface area (Å²) < 4.78 is 13.8. The molecule has 2 aromatic carbocycles. The Hall–Kier alpha value is -1.39. The number of hydrogen-bond donors (Lipinski definition) is 1. The molecule has 0 radical (unpaired) electrons. The molecule has 0 aromatic heterocycles. The molecular formula is C14H10BrClFNO. The van der Waals surface area contributed by atoms with Crippen LogP contribution in [0.1, 0.15) is 15.9 Å². The van der Waals surface area contributed by atoms with E-state index in [9.17, 15) is 9.18 Å². The molecule has 0 unspecified atom stereocenters. The molecule has 0 aliphatic carbocycles.